The van der Waals surface area contributed by atoms with Crippen LogP contribution in [-0.2, 0) is 17.8 Å². The van der Waals surface area contributed by atoms with Crippen LogP contribution in [0, 0.1) is 5.82 Å². The van der Waals surface area contributed by atoms with Gasteiger partial charge < -0.3 is 4.74 Å². The average molecular weight is 222 g/mol. The second kappa shape index (κ2) is 4.74. The van der Waals surface area contributed by atoms with Crippen molar-refractivity contribution in [2.75, 3.05) is 7.11 Å². The zero-order valence-corrected chi connectivity index (χ0v) is 9.38. The third-order valence-electron chi connectivity index (χ3n) is 3.00. The first-order valence-corrected chi connectivity index (χ1v) is 5.56. The van der Waals surface area contributed by atoms with E-state index in [4.69, 9.17) is 4.74 Å². The van der Waals surface area contributed by atoms with Crippen LogP contribution in [0.3, 0.4) is 0 Å². The van der Waals surface area contributed by atoms with Crippen molar-refractivity contribution in [3.8, 4) is 0 Å². The van der Waals surface area contributed by atoms with Crippen LogP contribution in [0.15, 0.2) is 12.1 Å². The molecule has 0 bridgehead atoms. The molecule has 86 valence electrons. The van der Waals surface area contributed by atoms with E-state index in [0.717, 1.165) is 12.8 Å². The Labute approximate surface area is 94.4 Å². The molecule has 0 heterocycles. The SMILES string of the molecule is COCc1ccc2c(c1F)CCCCC2=O. The summed E-state index contributed by atoms with van der Waals surface area (Å²) in [6.45, 7) is 0.257. The van der Waals surface area contributed by atoms with E-state index >= 15 is 0 Å². The summed E-state index contributed by atoms with van der Waals surface area (Å²) >= 11 is 0. The van der Waals surface area contributed by atoms with E-state index in [0.29, 0.717) is 29.5 Å². The number of rotatable bonds is 2. The minimum atomic E-state index is -0.255. The number of ether oxygens (including phenoxy) is 1. The lowest BCUT2D eigenvalue weighted by Gasteiger charge is -2.10. The maximum Gasteiger partial charge on any atom is 0.163 e. The predicted molar refractivity (Wildman–Crippen MR) is 59.0 cm³/mol. The van der Waals surface area contributed by atoms with Crippen LogP contribution in [-0.4, -0.2) is 12.9 Å². The van der Waals surface area contributed by atoms with E-state index in [-0.39, 0.29) is 18.2 Å². The number of hydrogen-bond acceptors (Lipinski definition) is 2. The Bertz CT molecular complexity index is 413. The number of halogens is 1. The predicted octanol–water partition coefficient (Wildman–Crippen LogP) is 2.88. The van der Waals surface area contributed by atoms with Gasteiger partial charge in [-0.15, -0.1) is 0 Å². The normalized spacial score (nSPS) is 15.8. The highest BCUT2D eigenvalue weighted by Crippen LogP contribution is 2.25. The van der Waals surface area contributed by atoms with E-state index in [1.807, 2.05) is 0 Å². The van der Waals surface area contributed by atoms with Gasteiger partial charge in [-0.25, -0.2) is 4.39 Å². The number of hydrogen-bond donors (Lipinski definition) is 0. The van der Waals surface area contributed by atoms with Crippen molar-refractivity contribution in [1.29, 1.82) is 0 Å². The van der Waals surface area contributed by atoms with Gasteiger partial charge >= 0.3 is 0 Å². The largest absolute Gasteiger partial charge is 0.380 e. The van der Waals surface area contributed by atoms with Crippen molar-refractivity contribution >= 4 is 5.78 Å². The Kier molecular flexibility index (Phi) is 3.34. The molecular formula is C13H15FO2. The number of methoxy groups -OCH3 is 1. The van der Waals surface area contributed by atoms with E-state index in [9.17, 15) is 9.18 Å². The van der Waals surface area contributed by atoms with Crippen LogP contribution in [0.1, 0.15) is 40.7 Å². The Morgan fingerprint density at radius 3 is 2.81 bits per heavy atom. The number of fused-ring (bicyclic) bond motifs is 1. The zero-order valence-electron chi connectivity index (χ0n) is 9.38. The summed E-state index contributed by atoms with van der Waals surface area (Å²) in [7, 11) is 1.54. The molecule has 0 spiro atoms. The zero-order chi connectivity index (χ0) is 11.5. The smallest absolute Gasteiger partial charge is 0.163 e. The molecule has 0 radical (unpaired) electrons. The lowest BCUT2D eigenvalue weighted by Crippen LogP contribution is -2.05. The van der Waals surface area contributed by atoms with Crippen LogP contribution in [0.25, 0.3) is 0 Å². The fraction of sp³-hybridized carbons (Fsp3) is 0.462. The van der Waals surface area contributed by atoms with Crippen molar-refractivity contribution < 1.29 is 13.9 Å². The summed E-state index contributed by atoms with van der Waals surface area (Å²) in [6, 6.07) is 3.39. The molecular weight excluding hydrogens is 207 g/mol. The van der Waals surface area contributed by atoms with Gasteiger partial charge in [-0.1, -0.05) is 12.1 Å². The summed E-state index contributed by atoms with van der Waals surface area (Å²) in [4.78, 5) is 11.7. The molecule has 0 saturated carbocycles. The first kappa shape index (κ1) is 11.3. The average Bonchev–Trinajstić information content (AvgIpc) is 2.46. The number of carbonyl (C=O) groups excluding carboxylic acids is 1. The van der Waals surface area contributed by atoms with Gasteiger partial charge in [0, 0.05) is 24.7 Å². The van der Waals surface area contributed by atoms with Crippen LogP contribution in [0.4, 0.5) is 4.39 Å². The fourth-order valence-electron chi connectivity index (χ4n) is 2.16. The van der Waals surface area contributed by atoms with Gasteiger partial charge in [0.1, 0.15) is 5.82 Å². The summed E-state index contributed by atoms with van der Waals surface area (Å²) in [6.07, 6.45) is 2.93. The maximum absolute atomic E-state index is 14.1. The number of benzene rings is 1. The number of ketones is 1. The van der Waals surface area contributed by atoms with Crippen LogP contribution >= 0.6 is 0 Å². The molecule has 3 heteroatoms. The Morgan fingerprint density at radius 1 is 1.31 bits per heavy atom. The highest BCUT2D eigenvalue weighted by molar-refractivity contribution is 5.97. The number of carbonyl (C=O) groups is 1. The number of Topliss-reactive ketones (excluding diaryl/α,β-unsaturated/α-hetero) is 1. The summed E-state index contributed by atoms with van der Waals surface area (Å²) in [5.41, 5.74) is 1.68. The standard InChI is InChI=1S/C13H15FO2/c1-16-8-9-6-7-10-11(13(9)14)4-2-3-5-12(10)15/h6-7H,2-5,8H2,1H3. The summed E-state index contributed by atoms with van der Waals surface area (Å²) in [5.74, 6) is -0.190. The fourth-order valence-corrected chi connectivity index (χ4v) is 2.16. The molecule has 0 N–H and O–H groups in total. The molecule has 1 aliphatic carbocycles. The molecule has 16 heavy (non-hydrogen) atoms. The molecule has 0 aromatic heterocycles. The molecule has 1 aromatic carbocycles. The van der Waals surface area contributed by atoms with E-state index < -0.39 is 0 Å². The van der Waals surface area contributed by atoms with Gasteiger partial charge in [0.25, 0.3) is 0 Å². The molecule has 0 amide bonds. The summed E-state index contributed by atoms with van der Waals surface area (Å²) in [5, 5.41) is 0. The van der Waals surface area contributed by atoms with Crippen LogP contribution < -0.4 is 0 Å². The van der Waals surface area contributed by atoms with Crippen molar-refractivity contribution in [3.63, 3.8) is 0 Å². The van der Waals surface area contributed by atoms with Crippen molar-refractivity contribution in [1.82, 2.24) is 0 Å². The lowest BCUT2D eigenvalue weighted by molar-refractivity contribution is 0.0981. The van der Waals surface area contributed by atoms with E-state index in [2.05, 4.69) is 0 Å². The maximum atomic E-state index is 14.1. The van der Waals surface area contributed by atoms with Gasteiger partial charge in [0.05, 0.1) is 6.61 Å². The lowest BCUT2D eigenvalue weighted by atomic mass is 9.98. The molecule has 0 aliphatic heterocycles. The highest BCUT2D eigenvalue weighted by Gasteiger charge is 2.20. The molecule has 0 fully saturated rings. The van der Waals surface area contributed by atoms with Crippen LogP contribution in [0.2, 0.25) is 0 Å². The molecule has 2 nitrogen and oxygen atoms in total. The Balaban J connectivity index is 2.46. The van der Waals surface area contributed by atoms with Gasteiger partial charge in [0.15, 0.2) is 5.78 Å². The van der Waals surface area contributed by atoms with Crippen LogP contribution in [0.5, 0.6) is 0 Å². The molecule has 1 aliphatic rings. The highest BCUT2D eigenvalue weighted by atomic mass is 19.1. The minimum Gasteiger partial charge on any atom is -0.380 e. The second-order valence-corrected chi connectivity index (χ2v) is 4.13. The molecule has 2 rings (SSSR count). The molecule has 0 atom stereocenters. The van der Waals surface area contributed by atoms with E-state index in [1.54, 1.807) is 12.1 Å². The van der Waals surface area contributed by atoms with Gasteiger partial charge in [0.2, 0.25) is 0 Å². The Morgan fingerprint density at radius 2 is 2.06 bits per heavy atom. The molecule has 0 unspecified atom stereocenters. The van der Waals surface area contributed by atoms with Crippen molar-refractivity contribution in [2.24, 2.45) is 0 Å². The van der Waals surface area contributed by atoms with Crippen molar-refractivity contribution in [2.45, 2.75) is 32.3 Å². The Hall–Kier alpha value is -1.22. The quantitative estimate of drug-likeness (QED) is 0.719. The molecule has 0 saturated heterocycles. The van der Waals surface area contributed by atoms with Crippen molar-refractivity contribution in [3.05, 3.63) is 34.6 Å². The second-order valence-electron chi connectivity index (χ2n) is 4.13. The molecule has 1 aromatic rings. The first-order chi connectivity index (χ1) is 7.74. The van der Waals surface area contributed by atoms with Gasteiger partial charge in [-0.2, -0.15) is 0 Å². The first-order valence-electron chi connectivity index (χ1n) is 5.56. The third kappa shape index (κ3) is 2.00. The topological polar surface area (TPSA) is 26.3 Å². The third-order valence-corrected chi connectivity index (χ3v) is 3.00. The van der Waals surface area contributed by atoms with E-state index in [1.165, 1.54) is 7.11 Å². The minimum absolute atomic E-state index is 0.0652. The van der Waals surface area contributed by atoms with Gasteiger partial charge in [-0.05, 0) is 24.8 Å². The summed E-state index contributed by atoms with van der Waals surface area (Å²) < 4.78 is 19.0. The van der Waals surface area contributed by atoms with Gasteiger partial charge in [-0.3, -0.25) is 4.79 Å². The monoisotopic (exact) mass is 222 g/mol.